The molecule has 1 fully saturated rings. The van der Waals surface area contributed by atoms with Gasteiger partial charge >= 0.3 is 6.03 Å². The fourth-order valence-electron chi connectivity index (χ4n) is 1.61. The maximum absolute atomic E-state index is 12.1. The SMILES string of the molecule is CC(C)(C)NC(=O)N[C@H](C(=O)[N]C1CC1)C(C)(C)C. The van der Waals surface area contributed by atoms with E-state index in [1.807, 2.05) is 41.5 Å². The molecule has 1 rings (SSSR count). The second-order valence-electron chi connectivity index (χ2n) is 7.35. The van der Waals surface area contributed by atoms with Crippen LogP contribution in [-0.4, -0.2) is 29.6 Å². The number of rotatable bonds is 3. The Balaban J connectivity index is 2.64. The van der Waals surface area contributed by atoms with Crippen LogP contribution in [-0.2, 0) is 4.79 Å². The van der Waals surface area contributed by atoms with Crippen LogP contribution in [0.1, 0.15) is 54.4 Å². The third-order valence-electron chi connectivity index (χ3n) is 2.73. The Labute approximate surface area is 115 Å². The highest BCUT2D eigenvalue weighted by atomic mass is 16.2. The van der Waals surface area contributed by atoms with Crippen molar-refractivity contribution in [1.82, 2.24) is 16.0 Å². The van der Waals surface area contributed by atoms with Gasteiger partial charge in [-0.1, -0.05) is 20.8 Å². The zero-order chi connectivity index (χ0) is 14.8. The molecule has 1 saturated carbocycles. The molecule has 19 heavy (non-hydrogen) atoms. The summed E-state index contributed by atoms with van der Waals surface area (Å²) >= 11 is 0. The number of hydrogen-bond acceptors (Lipinski definition) is 2. The molecule has 3 amide bonds. The van der Waals surface area contributed by atoms with Gasteiger partial charge in [-0.05, 0) is 39.0 Å². The third kappa shape index (κ3) is 5.94. The normalized spacial score (nSPS) is 17.6. The van der Waals surface area contributed by atoms with Crippen molar-refractivity contribution >= 4 is 11.9 Å². The van der Waals surface area contributed by atoms with Crippen LogP contribution in [0.15, 0.2) is 0 Å². The highest BCUT2D eigenvalue weighted by molar-refractivity contribution is 5.88. The van der Waals surface area contributed by atoms with Crippen LogP contribution in [0.4, 0.5) is 4.79 Å². The van der Waals surface area contributed by atoms with Crippen LogP contribution >= 0.6 is 0 Å². The second-order valence-corrected chi connectivity index (χ2v) is 7.35. The van der Waals surface area contributed by atoms with Crippen LogP contribution in [0.25, 0.3) is 0 Å². The summed E-state index contributed by atoms with van der Waals surface area (Å²) in [7, 11) is 0. The van der Waals surface area contributed by atoms with Crippen molar-refractivity contribution in [1.29, 1.82) is 0 Å². The Morgan fingerprint density at radius 3 is 2.00 bits per heavy atom. The lowest BCUT2D eigenvalue weighted by atomic mass is 9.86. The predicted molar refractivity (Wildman–Crippen MR) is 74.8 cm³/mol. The number of hydrogen-bond donors (Lipinski definition) is 2. The zero-order valence-corrected chi connectivity index (χ0v) is 12.8. The second kappa shape index (κ2) is 5.39. The van der Waals surface area contributed by atoms with E-state index in [-0.39, 0.29) is 28.9 Å². The molecule has 1 aliphatic carbocycles. The van der Waals surface area contributed by atoms with Crippen LogP contribution < -0.4 is 16.0 Å². The van der Waals surface area contributed by atoms with Crippen LogP contribution in [0, 0.1) is 5.41 Å². The molecule has 0 aromatic heterocycles. The fourth-order valence-corrected chi connectivity index (χ4v) is 1.61. The molecular formula is C14H26N3O2. The van der Waals surface area contributed by atoms with Crippen molar-refractivity contribution < 1.29 is 9.59 Å². The molecule has 0 unspecified atom stereocenters. The van der Waals surface area contributed by atoms with E-state index in [9.17, 15) is 9.59 Å². The summed E-state index contributed by atoms with van der Waals surface area (Å²) in [5.41, 5.74) is -0.687. The Morgan fingerprint density at radius 2 is 1.63 bits per heavy atom. The summed E-state index contributed by atoms with van der Waals surface area (Å²) in [5, 5.41) is 9.68. The van der Waals surface area contributed by atoms with E-state index < -0.39 is 6.04 Å². The molecular weight excluding hydrogens is 242 g/mol. The van der Waals surface area contributed by atoms with Gasteiger partial charge in [0.1, 0.15) is 6.04 Å². The first-order valence-corrected chi connectivity index (χ1v) is 6.82. The lowest BCUT2D eigenvalue weighted by Gasteiger charge is -2.31. The van der Waals surface area contributed by atoms with Crippen molar-refractivity contribution in [2.24, 2.45) is 5.41 Å². The molecule has 0 aromatic rings. The predicted octanol–water partition coefficient (Wildman–Crippen LogP) is 1.79. The Morgan fingerprint density at radius 1 is 1.11 bits per heavy atom. The molecule has 1 aliphatic rings. The van der Waals surface area contributed by atoms with Gasteiger partial charge in [-0.2, -0.15) is 0 Å². The fraction of sp³-hybridized carbons (Fsp3) is 0.857. The number of amides is 3. The third-order valence-corrected chi connectivity index (χ3v) is 2.73. The first kappa shape index (κ1) is 15.8. The van der Waals surface area contributed by atoms with E-state index >= 15 is 0 Å². The molecule has 1 radical (unpaired) electrons. The average Bonchev–Trinajstić information content (AvgIpc) is 2.93. The van der Waals surface area contributed by atoms with Crippen molar-refractivity contribution in [3.63, 3.8) is 0 Å². The quantitative estimate of drug-likeness (QED) is 0.819. The minimum Gasteiger partial charge on any atom is -0.334 e. The molecule has 0 heterocycles. The summed E-state index contributed by atoms with van der Waals surface area (Å²) in [6.45, 7) is 11.5. The first-order valence-electron chi connectivity index (χ1n) is 6.82. The van der Waals surface area contributed by atoms with E-state index in [4.69, 9.17) is 0 Å². The van der Waals surface area contributed by atoms with E-state index in [2.05, 4.69) is 16.0 Å². The molecule has 0 aliphatic heterocycles. The Kier molecular flexibility index (Phi) is 4.48. The summed E-state index contributed by atoms with van der Waals surface area (Å²) in [5.74, 6) is -0.223. The van der Waals surface area contributed by atoms with Gasteiger partial charge in [0, 0.05) is 5.54 Å². The summed E-state index contributed by atoms with van der Waals surface area (Å²) in [6, 6.07) is -0.743. The van der Waals surface area contributed by atoms with Gasteiger partial charge in [0.2, 0.25) is 0 Å². The van der Waals surface area contributed by atoms with Crippen molar-refractivity contribution in [3.8, 4) is 0 Å². The minimum absolute atomic E-state index is 0.171. The molecule has 5 nitrogen and oxygen atoms in total. The first-order chi connectivity index (χ1) is 8.49. The maximum atomic E-state index is 12.1. The minimum atomic E-state index is -0.588. The summed E-state index contributed by atoms with van der Waals surface area (Å²) in [4.78, 5) is 24.0. The van der Waals surface area contributed by atoms with Crippen LogP contribution in [0.3, 0.4) is 0 Å². The van der Waals surface area contributed by atoms with E-state index in [1.54, 1.807) is 0 Å². The maximum Gasteiger partial charge on any atom is 0.315 e. The van der Waals surface area contributed by atoms with Gasteiger partial charge in [0.05, 0.1) is 6.04 Å². The highest BCUT2D eigenvalue weighted by Gasteiger charge is 2.37. The molecule has 0 bridgehead atoms. The van der Waals surface area contributed by atoms with Gasteiger partial charge in [0.15, 0.2) is 0 Å². The molecule has 2 N–H and O–H groups in total. The topological polar surface area (TPSA) is 72.3 Å². The average molecular weight is 268 g/mol. The van der Waals surface area contributed by atoms with E-state index in [1.165, 1.54) is 0 Å². The molecule has 5 heteroatoms. The van der Waals surface area contributed by atoms with Crippen molar-refractivity contribution in [3.05, 3.63) is 0 Å². The number of nitrogens with zero attached hydrogens (tertiary/aromatic N) is 1. The summed E-state index contributed by atoms with van der Waals surface area (Å²) < 4.78 is 0. The standard InChI is InChI=1S/C14H26N3O2/c1-13(2,3)10(11(18)15-9-7-8-9)16-12(19)17-14(4,5)6/h9-10H,7-8H2,1-6H3,(H2,16,17,19)/t10-/m1/s1. The highest BCUT2D eigenvalue weighted by Crippen LogP contribution is 2.24. The lowest BCUT2D eigenvalue weighted by molar-refractivity contribution is -0.125. The number of carbonyl (C=O) groups is 2. The van der Waals surface area contributed by atoms with Crippen LogP contribution in [0.2, 0.25) is 0 Å². The monoisotopic (exact) mass is 268 g/mol. The van der Waals surface area contributed by atoms with Crippen LogP contribution in [0.5, 0.6) is 0 Å². The van der Waals surface area contributed by atoms with Gasteiger partial charge in [-0.25, -0.2) is 10.1 Å². The molecule has 0 aromatic carbocycles. The lowest BCUT2D eigenvalue weighted by Crippen LogP contribution is -2.57. The van der Waals surface area contributed by atoms with E-state index in [0.717, 1.165) is 12.8 Å². The molecule has 109 valence electrons. The summed E-state index contributed by atoms with van der Waals surface area (Å²) in [6.07, 6.45) is 1.97. The molecule has 0 saturated heterocycles. The largest absolute Gasteiger partial charge is 0.334 e. The van der Waals surface area contributed by atoms with Gasteiger partial charge < -0.3 is 10.6 Å². The zero-order valence-electron chi connectivity index (χ0n) is 12.8. The van der Waals surface area contributed by atoms with Crippen molar-refractivity contribution in [2.45, 2.75) is 72.0 Å². The molecule has 1 atom stereocenters. The Hall–Kier alpha value is -1.26. The smallest absolute Gasteiger partial charge is 0.315 e. The van der Waals surface area contributed by atoms with Gasteiger partial charge in [0.25, 0.3) is 5.91 Å². The Bertz CT molecular complexity index is 349. The van der Waals surface area contributed by atoms with E-state index in [0.29, 0.717) is 0 Å². The molecule has 0 spiro atoms. The van der Waals surface area contributed by atoms with Gasteiger partial charge in [-0.3, -0.25) is 4.79 Å². The van der Waals surface area contributed by atoms with Gasteiger partial charge in [-0.15, -0.1) is 0 Å². The van der Waals surface area contributed by atoms with Crippen molar-refractivity contribution in [2.75, 3.05) is 0 Å². The number of urea groups is 1. The number of nitrogens with one attached hydrogen (secondary N) is 2. The number of carbonyl (C=O) groups excluding carboxylic acids is 2.